The Kier molecular flexibility index (Phi) is 5.41. The zero-order chi connectivity index (χ0) is 14.4. The normalized spacial score (nSPS) is 16.7. The highest BCUT2D eigenvalue weighted by atomic mass is 16.6. The van der Waals surface area contributed by atoms with E-state index in [0.717, 1.165) is 25.5 Å². The number of esters is 1. The van der Waals surface area contributed by atoms with Crippen LogP contribution in [0.4, 0.5) is 0 Å². The van der Waals surface area contributed by atoms with E-state index in [1.165, 1.54) is 4.90 Å². The lowest BCUT2D eigenvalue weighted by molar-refractivity contribution is -0.158. The van der Waals surface area contributed by atoms with E-state index in [4.69, 9.17) is 4.74 Å². The molecule has 0 aliphatic carbocycles. The predicted molar refractivity (Wildman–Crippen MR) is 65.9 cm³/mol. The Bertz CT molecular complexity index is 427. The van der Waals surface area contributed by atoms with E-state index in [-0.39, 0.29) is 5.91 Å². The number of amides is 1. The molecule has 1 heterocycles. The SMILES string of the molecule is CCC(OC(=O)/C=C\C(=O)C(C)=O)N1CCCC1=O. The number of likely N-dealkylation sites (tertiary alicyclic amines) is 1. The van der Waals surface area contributed by atoms with Gasteiger partial charge in [0.25, 0.3) is 0 Å². The van der Waals surface area contributed by atoms with Gasteiger partial charge in [-0.15, -0.1) is 0 Å². The van der Waals surface area contributed by atoms with Crippen LogP contribution in [0.25, 0.3) is 0 Å². The lowest BCUT2D eigenvalue weighted by Gasteiger charge is -2.25. The van der Waals surface area contributed by atoms with Gasteiger partial charge in [0.15, 0.2) is 12.0 Å². The van der Waals surface area contributed by atoms with Gasteiger partial charge in [-0.2, -0.15) is 0 Å². The number of ketones is 2. The molecule has 1 rings (SSSR count). The number of allylic oxidation sites excluding steroid dienone is 1. The molecule has 0 N–H and O–H groups in total. The van der Waals surface area contributed by atoms with E-state index in [0.29, 0.717) is 19.4 Å². The maximum Gasteiger partial charge on any atom is 0.332 e. The van der Waals surface area contributed by atoms with Gasteiger partial charge in [0.05, 0.1) is 0 Å². The Morgan fingerprint density at radius 3 is 2.53 bits per heavy atom. The molecule has 104 valence electrons. The molecule has 6 nitrogen and oxygen atoms in total. The fourth-order valence-electron chi connectivity index (χ4n) is 1.78. The van der Waals surface area contributed by atoms with Gasteiger partial charge in [-0.25, -0.2) is 4.79 Å². The van der Waals surface area contributed by atoms with Crippen molar-refractivity contribution >= 4 is 23.4 Å². The summed E-state index contributed by atoms with van der Waals surface area (Å²) in [6.07, 6.45) is 2.87. The van der Waals surface area contributed by atoms with Gasteiger partial charge >= 0.3 is 5.97 Å². The summed E-state index contributed by atoms with van der Waals surface area (Å²) in [7, 11) is 0. The molecule has 0 aromatic rings. The fraction of sp³-hybridized carbons (Fsp3) is 0.538. The Morgan fingerprint density at radius 2 is 2.05 bits per heavy atom. The Balaban J connectivity index is 2.56. The average molecular weight is 267 g/mol. The van der Waals surface area contributed by atoms with Crippen molar-refractivity contribution in [3.05, 3.63) is 12.2 Å². The van der Waals surface area contributed by atoms with E-state index in [9.17, 15) is 19.2 Å². The number of carbonyl (C=O) groups excluding carboxylic acids is 4. The second-order valence-corrected chi connectivity index (χ2v) is 4.24. The molecule has 1 amide bonds. The first kappa shape index (κ1) is 15.1. The molecule has 6 heteroatoms. The maximum absolute atomic E-state index is 11.5. The van der Waals surface area contributed by atoms with Crippen molar-refractivity contribution in [1.82, 2.24) is 4.90 Å². The van der Waals surface area contributed by atoms with Gasteiger partial charge in [-0.05, 0) is 12.5 Å². The van der Waals surface area contributed by atoms with E-state index < -0.39 is 23.8 Å². The molecule has 1 atom stereocenters. The van der Waals surface area contributed by atoms with Crippen LogP contribution in [0.5, 0.6) is 0 Å². The van der Waals surface area contributed by atoms with Crippen molar-refractivity contribution in [3.8, 4) is 0 Å². The van der Waals surface area contributed by atoms with Crippen molar-refractivity contribution in [3.63, 3.8) is 0 Å². The van der Waals surface area contributed by atoms with Crippen molar-refractivity contribution in [2.75, 3.05) is 6.54 Å². The van der Waals surface area contributed by atoms with Crippen LogP contribution in [0.3, 0.4) is 0 Å². The second kappa shape index (κ2) is 6.82. The number of rotatable bonds is 6. The first-order valence-electron chi connectivity index (χ1n) is 6.18. The van der Waals surface area contributed by atoms with Crippen molar-refractivity contribution in [1.29, 1.82) is 0 Å². The Morgan fingerprint density at radius 1 is 1.37 bits per heavy atom. The van der Waals surface area contributed by atoms with Gasteiger partial charge in [-0.3, -0.25) is 14.4 Å². The summed E-state index contributed by atoms with van der Waals surface area (Å²) in [5.41, 5.74) is 0. The van der Waals surface area contributed by atoms with Crippen LogP contribution in [0.15, 0.2) is 12.2 Å². The van der Waals surface area contributed by atoms with Crippen molar-refractivity contribution in [2.24, 2.45) is 0 Å². The van der Waals surface area contributed by atoms with Crippen LogP contribution >= 0.6 is 0 Å². The maximum atomic E-state index is 11.5. The van der Waals surface area contributed by atoms with Crippen LogP contribution in [0.2, 0.25) is 0 Å². The summed E-state index contributed by atoms with van der Waals surface area (Å²) < 4.78 is 5.10. The summed E-state index contributed by atoms with van der Waals surface area (Å²) in [4.78, 5) is 46.2. The average Bonchev–Trinajstić information content (AvgIpc) is 2.79. The Labute approximate surface area is 111 Å². The van der Waals surface area contributed by atoms with E-state index in [1.54, 1.807) is 6.92 Å². The minimum atomic E-state index is -0.762. The number of ether oxygens (including phenoxy) is 1. The summed E-state index contributed by atoms with van der Waals surface area (Å²) >= 11 is 0. The molecule has 0 radical (unpaired) electrons. The lowest BCUT2D eigenvalue weighted by atomic mass is 10.2. The first-order valence-corrected chi connectivity index (χ1v) is 6.18. The molecule has 0 bridgehead atoms. The van der Waals surface area contributed by atoms with Crippen LogP contribution in [0, 0.1) is 0 Å². The third-order valence-corrected chi connectivity index (χ3v) is 2.78. The van der Waals surface area contributed by atoms with Crippen molar-refractivity contribution in [2.45, 2.75) is 39.3 Å². The Hall–Kier alpha value is -1.98. The minimum absolute atomic E-state index is 0.0385. The highest BCUT2D eigenvalue weighted by molar-refractivity contribution is 6.41. The van der Waals surface area contributed by atoms with E-state index in [1.807, 2.05) is 0 Å². The first-order chi connectivity index (χ1) is 8.95. The summed E-state index contributed by atoms with van der Waals surface area (Å²) in [6.45, 7) is 3.49. The third kappa shape index (κ3) is 4.31. The molecular formula is C13H17NO5. The van der Waals surface area contributed by atoms with Gasteiger partial charge in [0.1, 0.15) is 0 Å². The molecule has 1 fully saturated rings. The van der Waals surface area contributed by atoms with Crippen LogP contribution in [-0.4, -0.2) is 41.1 Å². The van der Waals surface area contributed by atoms with Gasteiger partial charge < -0.3 is 9.64 Å². The van der Waals surface area contributed by atoms with E-state index in [2.05, 4.69) is 0 Å². The third-order valence-electron chi connectivity index (χ3n) is 2.78. The largest absolute Gasteiger partial charge is 0.438 e. The molecule has 19 heavy (non-hydrogen) atoms. The van der Waals surface area contributed by atoms with Crippen molar-refractivity contribution < 1.29 is 23.9 Å². The summed E-state index contributed by atoms with van der Waals surface area (Å²) in [6, 6.07) is 0. The molecule has 0 aromatic heterocycles. The smallest absolute Gasteiger partial charge is 0.332 e. The number of nitrogens with zero attached hydrogens (tertiary/aromatic N) is 1. The predicted octanol–water partition coefficient (Wildman–Crippen LogP) is 0.602. The van der Waals surface area contributed by atoms with Crippen LogP contribution < -0.4 is 0 Å². The second-order valence-electron chi connectivity index (χ2n) is 4.24. The highest BCUT2D eigenvalue weighted by Crippen LogP contribution is 2.16. The summed E-state index contributed by atoms with van der Waals surface area (Å²) in [5, 5.41) is 0. The van der Waals surface area contributed by atoms with Gasteiger partial charge in [-0.1, -0.05) is 6.92 Å². The molecular weight excluding hydrogens is 250 g/mol. The number of Topliss-reactive ketones (excluding diaryl/α,β-unsaturated/α-hetero) is 1. The monoisotopic (exact) mass is 267 g/mol. The number of hydrogen-bond donors (Lipinski definition) is 0. The van der Waals surface area contributed by atoms with Crippen LogP contribution in [0.1, 0.15) is 33.1 Å². The van der Waals surface area contributed by atoms with Gasteiger partial charge in [0.2, 0.25) is 11.7 Å². The molecule has 1 unspecified atom stereocenters. The zero-order valence-corrected chi connectivity index (χ0v) is 11.0. The van der Waals surface area contributed by atoms with Crippen LogP contribution in [-0.2, 0) is 23.9 Å². The summed E-state index contributed by atoms with van der Waals surface area (Å²) in [5.74, 6) is -2.18. The zero-order valence-electron chi connectivity index (χ0n) is 11.0. The molecule has 0 aromatic carbocycles. The number of carbonyl (C=O) groups is 4. The standard InChI is InChI=1S/C13H17NO5/c1-3-12(14-8-4-5-11(14)17)19-13(18)7-6-10(16)9(2)15/h6-7,12H,3-5,8H2,1-2H3/b7-6-. The molecule has 1 saturated heterocycles. The fourth-order valence-corrected chi connectivity index (χ4v) is 1.78. The molecule has 0 spiro atoms. The minimum Gasteiger partial charge on any atom is -0.438 e. The topological polar surface area (TPSA) is 80.8 Å². The van der Waals surface area contributed by atoms with Gasteiger partial charge in [0, 0.05) is 32.4 Å². The van der Waals surface area contributed by atoms with E-state index >= 15 is 0 Å². The number of hydrogen-bond acceptors (Lipinski definition) is 5. The molecule has 1 aliphatic rings. The highest BCUT2D eigenvalue weighted by Gasteiger charge is 2.28. The molecule has 1 aliphatic heterocycles. The lowest BCUT2D eigenvalue weighted by Crippen LogP contribution is -2.38. The molecule has 0 saturated carbocycles. The quantitative estimate of drug-likeness (QED) is 0.400.